The standard InChI is InChI=1S/C18H20N4O7S2/c1-31(27,28)21-7-5-12(6-8-21)17(24)29-10-16(23)20-18-19-15(11-30-18)13-3-2-4-14(9-13)22(25)26/h2-4,9,11-12H,5-8,10H2,1H3,(H,19,20,23). The molecule has 0 atom stereocenters. The van der Waals surface area contributed by atoms with E-state index in [-0.39, 0.29) is 23.9 Å². The molecule has 0 radical (unpaired) electrons. The Kier molecular flexibility index (Phi) is 6.97. The van der Waals surface area contributed by atoms with Gasteiger partial charge in [0.15, 0.2) is 11.7 Å². The molecule has 13 heteroatoms. The molecule has 0 bridgehead atoms. The van der Waals surface area contributed by atoms with Gasteiger partial charge in [0.05, 0.1) is 22.8 Å². The van der Waals surface area contributed by atoms with Gasteiger partial charge in [-0.15, -0.1) is 11.3 Å². The number of sulfonamides is 1. The van der Waals surface area contributed by atoms with Gasteiger partial charge in [-0.25, -0.2) is 17.7 Å². The molecule has 11 nitrogen and oxygen atoms in total. The van der Waals surface area contributed by atoms with Gasteiger partial charge in [-0.05, 0) is 12.8 Å². The zero-order valence-electron chi connectivity index (χ0n) is 16.5. The van der Waals surface area contributed by atoms with Crippen LogP contribution in [0.15, 0.2) is 29.6 Å². The molecule has 1 aromatic heterocycles. The number of esters is 1. The van der Waals surface area contributed by atoms with Gasteiger partial charge in [0, 0.05) is 36.2 Å². The molecule has 0 aliphatic carbocycles. The topological polar surface area (TPSA) is 149 Å². The van der Waals surface area contributed by atoms with Crippen LogP contribution >= 0.6 is 11.3 Å². The third kappa shape index (κ3) is 6.06. The summed E-state index contributed by atoms with van der Waals surface area (Å²) in [5.74, 6) is -1.56. The Morgan fingerprint density at radius 3 is 2.71 bits per heavy atom. The number of nitro groups is 1. The summed E-state index contributed by atoms with van der Waals surface area (Å²) < 4.78 is 29.4. The van der Waals surface area contributed by atoms with E-state index in [4.69, 9.17) is 4.74 Å². The molecule has 1 fully saturated rings. The van der Waals surface area contributed by atoms with Gasteiger partial charge < -0.3 is 4.74 Å². The van der Waals surface area contributed by atoms with Crippen molar-refractivity contribution in [3.8, 4) is 11.3 Å². The van der Waals surface area contributed by atoms with Crippen molar-refractivity contribution in [2.45, 2.75) is 12.8 Å². The average molecular weight is 469 g/mol. The number of nitrogens with zero attached hydrogens (tertiary/aromatic N) is 3. The number of carbonyl (C=O) groups excluding carboxylic acids is 2. The van der Waals surface area contributed by atoms with Crippen molar-refractivity contribution in [2.75, 3.05) is 31.3 Å². The minimum absolute atomic E-state index is 0.0645. The highest BCUT2D eigenvalue weighted by Crippen LogP contribution is 2.27. The van der Waals surface area contributed by atoms with Crippen LogP contribution in [0.1, 0.15) is 12.8 Å². The van der Waals surface area contributed by atoms with Gasteiger partial charge in [0.2, 0.25) is 10.0 Å². The third-order valence-corrected chi connectivity index (χ3v) is 6.77. The minimum atomic E-state index is -3.28. The SMILES string of the molecule is CS(=O)(=O)N1CCC(C(=O)OCC(=O)Nc2nc(-c3cccc([N+](=O)[O-])c3)cs2)CC1. The van der Waals surface area contributed by atoms with Crippen molar-refractivity contribution in [3.63, 3.8) is 0 Å². The number of benzene rings is 1. The van der Waals surface area contributed by atoms with Crippen LogP contribution in [0.2, 0.25) is 0 Å². The molecule has 0 saturated carbocycles. The number of amides is 1. The lowest BCUT2D eigenvalue weighted by atomic mass is 9.98. The van der Waals surface area contributed by atoms with E-state index in [0.717, 1.165) is 17.6 Å². The molecule has 0 spiro atoms. The van der Waals surface area contributed by atoms with Crippen LogP contribution in [-0.4, -0.2) is 60.5 Å². The van der Waals surface area contributed by atoms with Crippen LogP contribution in [0.25, 0.3) is 11.3 Å². The van der Waals surface area contributed by atoms with Crippen molar-refractivity contribution >= 4 is 44.1 Å². The highest BCUT2D eigenvalue weighted by molar-refractivity contribution is 7.88. The van der Waals surface area contributed by atoms with Crippen molar-refractivity contribution in [3.05, 3.63) is 39.8 Å². The van der Waals surface area contributed by atoms with E-state index < -0.39 is 39.3 Å². The Morgan fingerprint density at radius 1 is 1.35 bits per heavy atom. The largest absolute Gasteiger partial charge is 0.455 e. The number of hydrogen-bond donors (Lipinski definition) is 1. The molecule has 1 N–H and O–H groups in total. The lowest BCUT2D eigenvalue weighted by Gasteiger charge is -2.28. The number of piperidine rings is 1. The molecule has 1 amide bonds. The monoisotopic (exact) mass is 468 g/mol. The van der Waals surface area contributed by atoms with Crippen LogP contribution in [0.4, 0.5) is 10.8 Å². The fourth-order valence-electron chi connectivity index (χ4n) is 3.08. The van der Waals surface area contributed by atoms with Crippen molar-refractivity contribution in [2.24, 2.45) is 5.92 Å². The summed E-state index contributed by atoms with van der Waals surface area (Å²) in [6, 6.07) is 5.98. The van der Waals surface area contributed by atoms with Crippen LogP contribution in [0.5, 0.6) is 0 Å². The van der Waals surface area contributed by atoms with E-state index in [1.54, 1.807) is 17.5 Å². The Labute approximate surface area is 182 Å². The van der Waals surface area contributed by atoms with E-state index in [9.17, 15) is 28.1 Å². The third-order valence-electron chi connectivity index (χ3n) is 4.71. The van der Waals surface area contributed by atoms with Crippen molar-refractivity contribution in [1.82, 2.24) is 9.29 Å². The molecule has 1 aliphatic rings. The number of nitrogens with one attached hydrogen (secondary N) is 1. The number of non-ortho nitro benzene ring substituents is 1. The highest BCUT2D eigenvalue weighted by atomic mass is 32.2. The van der Waals surface area contributed by atoms with E-state index in [0.29, 0.717) is 24.1 Å². The first-order valence-electron chi connectivity index (χ1n) is 9.25. The number of nitro benzene ring substituents is 1. The summed E-state index contributed by atoms with van der Waals surface area (Å²) in [6.07, 6.45) is 1.80. The van der Waals surface area contributed by atoms with Crippen LogP contribution in [0, 0.1) is 16.0 Å². The number of rotatable bonds is 7. The Bertz CT molecular complexity index is 1090. The second kappa shape index (κ2) is 9.49. The van der Waals surface area contributed by atoms with Gasteiger partial charge in [-0.1, -0.05) is 12.1 Å². The molecular formula is C18H20N4O7S2. The normalized spacial score (nSPS) is 15.4. The molecular weight excluding hydrogens is 448 g/mol. The smallest absolute Gasteiger partial charge is 0.309 e. The van der Waals surface area contributed by atoms with Gasteiger partial charge in [0.25, 0.3) is 11.6 Å². The molecule has 1 saturated heterocycles. The van der Waals surface area contributed by atoms with Gasteiger partial charge >= 0.3 is 5.97 Å². The number of ether oxygens (including phenoxy) is 1. The maximum Gasteiger partial charge on any atom is 0.309 e. The molecule has 0 unspecified atom stereocenters. The minimum Gasteiger partial charge on any atom is -0.455 e. The predicted octanol–water partition coefficient (Wildman–Crippen LogP) is 1.87. The summed E-state index contributed by atoms with van der Waals surface area (Å²) >= 11 is 1.14. The van der Waals surface area contributed by atoms with E-state index in [1.807, 2.05) is 0 Å². The molecule has 2 aromatic rings. The summed E-state index contributed by atoms with van der Waals surface area (Å²) in [4.78, 5) is 38.8. The van der Waals surface area contributed by atoms with Crippen molar-refractivity contribution in [1.29, 1.82) is 0 Å². The van der Waals surface area contributed by atoms with Crippen molar-refractivity contribution < 1.29 is 27.7 Å². The zero-order valence-corrected chi connectivity index (χ0v) is 18.1. The molecule has 2 heterocycles. The summed E-state index contributed by atoms with van der Waals surface area (Å²) in [5, 5.41) is 15.3. The Morgan fingerprint density at radius 2 is 2.06 bits per heavy atom. The Hall–Kier alpha value is -2.90. The molecule has 1 aromatic carbocycles. The quantitative estimate of drug-likeness (QED) is 0.368. The van der Waals surface area contributed by atoms with Crippen LogP contribution in [-0.2, 0) is 24.3 Å². The lowest BCUT2D eigenvalue weighted by Crippen LogP contribution is -2.40. The molecule has 166 valence electrons. The number of hydrogen-bond acceptors (Lipinski definition) is 9. The molecule has 1 aliphatic heterocycles. The van der Waals surface area contributed by atoms with Gasteiger partial charge in [-0.3, -0.25) is 25.0 Å². The second-order valence-electron chi connectivity index (χ2n) is 6.94. The first-order valence-corrected chi connectivity index (χ1v) is 12.0. The fraction of sp³-hybridized carbons (Fsp3) is 0.389. The molecule has 31 heavy (non-hydrogen) atoms. The Balaban J connectivity index is 1.49. The second-order valence-corrected chi connectivity index (χ2v) is 9.78. The van der Waals surface area contributed by atoms with E-state index in [1.165, 1.54) is 16.4 Å². The van der Waals surface area contributed by atoms with Gasteiger partial charge in [0.1, 0.15) is 0 Å². The van der Waals surface area contributed by atoms with Crippen LogP contribution < -0.4 is 5.32 Å². The van der Waals surface area contributed by atoms with Crippen LogP contribution in [0.3, 0.4) is 0 Å². The molecule has 3 rings (SSSR count). The number of anilines is 1. The zero-order chi connectivity index (χ0) is 22.6. The fourth-order valence-corrected chi connectivity index (χ4v) is 4.69. The lowest BCUT2D eigenvalue weighted by molar-refractivity contribution is -0.384. The first-order chi connectivity index (χ1) is 14.6. The maximum absolute atomic E-state index is 12.1. The predicted molar refractivity (Wildman–Crippen MR) is 113 cm³/mol. The first kappa shape index (κ1) is 22.8. The van der Waals surface area contributed by atoms with E-state index in [2.05, 4.69) is 10.3 Å². The van der Waals surface area contributed by atoms with Gasteiger partial charge in [-0.2, -0.15) is 0 Å². The number of carbonyl (C=O) groups is 2. The number of thiazole rings is 1. The average Bonchev–Trinajstić information content (AvgIpc) is 3.20. The maximum atomic E-state index is 12.1. The summed E-state index contributed by atoms with van der Waals surface area (Å²) in [6.45, 7) is -0.00841. The summed E-state index contributed by atoms with van der Waals surface area (Å²) in [5.41, 5.74) is 0.946. The van der Waals surface area contributed by atoms with E-state index >= 15 is 0 Å². The highest BCUT2D eigenvalue weighted by Gasteiger charge is 2.30. The number of aromatic nitrogens is 1. The summed E-state index contributed by atoms with van der Waals surface area (Å²) in [7, 11) is -3.28.